The molecule has 0 aliphatic rings. The van der Waals surface area contributed by atoms with Crippen molar-refractivity contribution in [2.75, 3.05) is 0 Å². The van der Waals surface area contributed by atoms with Gasteiger partial charge in [0, 0.05) is 24.7 Å². The van der Waals surface area contributed by atoms with Crippen LogP contribution in [0.3, 0.4) is 0 Å². The standard InChI is InChI=1S/C18H26N6O9/c1-8(18(32)33)22-16(30)11(4-9-6-20-7-21-9)24-17(31)12(5-14(27)28)23-15(29)10(19)2-3-13(25)26/h6-8,10-12H,2-5,19H2,1H3,(H,20,21)(H,22,30)(H,23,29)(H,24,31)(H,25,26)(H,27,28)(H,32,33). The monoisotopic (exact) mass is 470 g/mol. The van der Waals surface area contributed by atoms with E-state index in [-0.39, 0.29) is 12.8 Å². The van der Waals surface area contributed by atoms with Crippen molar-refractivity contribution in [2.24, 2.45) is 5.73 Å². The highest BCUT2D eigenvalue weighted by atomic mass is 16.4. The lowest BCUT2D eigenvalue weighted by molar-refractivity contribution is -0.143. The maximum atomic E-state index is 12.7. The number of aliphatic carboxylic acids is 3. The van der Waals surface area contributed by atoms with Gasteiger partial charge in [0.15, 0.2) is 0 Å². The SMILES string of the molecule is CC(NC(=O)C(Cc1cnc[nH]1)NC(=O)C(CC(=O)O)NC(=O)C(N)CCC(=O)O)C(=O)O. The first-order valence-electron chi connectivity index (χ1n) is 9.71. The first kappa shape index (κ1) is 27.0. The number of rotatable bonds is 14. The third-order valence-corrected chi connectivity index (χ3v) is 4.36. The van der Waals surface area contributed by atoms with Gasteiger partial charge in [0.05, 0.1) is 18.8 Å². The van der Waals surface area contributed by atoms with E-state index in [4.69, 9.17) is 21.1 Å². The molecule has 0 aliphatic carbocycles. The van der Waals surface area contributed by atoms with Crippen molar-refractivity contribution in [3.8, 4) is 0 Å². The summed E-state index contributed by atoms with van der Waals surface area (Å²) in [7, 11) is 0. The minimum atomic E-state index is -1.64. The molecule has 1 aromatic rings. The predicted octanol–water partition coefficient (Wildman–Crippen LogP) is -2.82. The van der Waals surface area contributed by atoms with Gasteiger partial charge in [-0.15, -0.1) is 0 Å². The Kier molecular flexibility index (Phi) is 10.4. The van der Waals surface area contributed by atoms with Crippen LogP contribution in [0.5, 0.6) is 0 Å². The van der Waals surface area contributed by atoms with Crippen molar-refractivity contribution in [1.29, 1.82) is 0 Å². The molecule has 182 valence electrons. The summed E-state index contributed by atoms with van der Waals surface area (Å²) in [6.07, 6.45) is 1.02. The molecule has 0 bridgehead atoms. The number of H-pyrrole nitrogens is 1. The third-order valence-electron chi connectivity index (χ3n) is 4.36. The van der Waals surface area contributed by atoms with Gasteiger partial charge in [-0.3, -0.25) is 28.8 Å². The number of hydrogen-bond acceptors (Lipinski definition) is 8. The Morgan fingerprint density at radius 3 is 2.09 bits per heavy atom. The molecule has 0 spiro atoms. The number of imidazole rings is 1. The molecule has 15 nitrogen and oxygen atoms in total. The maximum absolute atomic E-state index is 12.7. The largest absolute Gasteiger partial charge is 0.481 e. The highest BCUT2D eigenvalue weighted by molar-refractivity contribution is 5.95. The van der Waals surface area contributed by atoms with Crippen molar-refractivity contribution in [1.82, 2.24) is 25.9 Å². The lowest BCUT2D eigenvalue weighted by Crippen LogP contribution is -2.57. The van der Waals surface area contributed by atoms with Crippen LogP contribution in [0, 0.1) is 0 Å². The number of carbonyl (C=O) groups is 6. The summed E-state index contributed by atoms with van der Waals surface area (Å²) in [6, 6.07) is -5.57. The first-order valence-corrected chi connectivity index (χ1v) is 9.71. The van der Waals surface area contributed by atoms with Gasteiger partial charge < -0.3 is 42.0 Å². The molecular formula is C18H26N6O9. The van der Waals surface area contributed by atoms with E-state index in [0.717, 1.165) is 0 Å². The minimum absolute atomic E-state index is 0.143. The van der Waals surface area contributed by atoms with Gasteiger partial charge in [-0.25, -0.2) is 4.98 Å². The van der Waals surface area contributed by atoms with Crippen molar-refractivity contribution < 1.29 is 44.1 Å². The van der Waals surface area contributed by atoms with Crippen LogP contribution < -0.4 is 21.7 Å². The lowest BCUT2D eigenvalue weighted by Gasteiger charge is -2.23. The molecule has 0 radical (unpaired) electrons. The van der Waals surface area contributed by atoms with E-state index in [0.29, 0.717) is 5.69 Å². The Bertz CT molecular complexity index is 873. The van der Waals surface area contributed by atoms with Gasteiger partial charge in [0.1, 0.15) is 18.1 Å². The average molecular weight is 470 g/mol. The van der Waals surface area contributed by atoms with E-state index in [1.165, 1.54) is 19.4 Å². The second-order valence-corrected chi connectivity index (χ2v) is 7.11. The van der Waals surface area contributed by atoms with Gasteiger partial charge in [-0.2, -0.15) is 0 Å². The summed E-state index contributed by atoms with van der Waals surface area (Å²) in [5.74, 6) is -6.82. The van der Waals surface area contributed by atoms with Crippen LogP contribution >= 0.6 is 0 Å². The average Bonchev–Trinajstić information content (AvgIpc) is 3.23. The summed E-state index contributed by atoms with van der Waals surface area (Å²) < 4.78 is 0. The molecule has 33 heavy (non-hydrogen) atoms. The molecule has 3 amide bonds. The Balaban J connectivity index is 2.97. The predicted molar refractivity (Wildman–Crippen MR) is 108 cm³/mol. The Hall–Kier alpha value is -4.01. The Morgan fingerprint density at radius 2 is 1.58 bits per heavy atom. The topological polar surface area (TPSA) is 254 Å². The molecule has 1 rings (SSSR count). The fourth-order valence-electron chi connectivity index (χ4n) is 2.55. The quantitative estimate of drug-likeness (QED) is 0.137. The molecule has 1 heterocycles. The highest BCUT2D eigenvalue weighted by Crippen LogP contribution is 2.03. The van der Waals surface area contributed by atoms with Crippen molar-refractivity contribution in [3.05, 3.63) is 18.2 Å². The molecule has 0 saturated heterocycles. The summed E-state index contributed by atoms with van der Waals surface area (Å²) in [5, 5.41) is 33.4. The van der Waals surface area contributed by atoms with Gasteiger partial charge in [-0.05, 0) is 13.3 Å². The maximum Gasteiger partial charge on any atom is 0.325 e. The molecular weight excluding hydrogens is 444 g/mol. The molecule has 0 fully saturated rings. The molecule has 9 N–H and O–H groups in total. The van der Waals surface area contributed by atoms with Crippen molar-refractivity contribution >= 4 is 35.6 Å². The Labute approximate surface area is 187 Å². The zero-order valence-corrected chi connectivity index (χ0v) is 17.6. The number of carbonyl (C=O) groups excluding carboxylic acids is 3. The van der Waals surface area contributed by atoms with E-state index in [1.54, 1.807) is 0 Å². The lowest BCUT2D eigenvalue weighted by atomic mass is 10.1. The summed E-state index contributed by atoms with van der Waals surface area (Å²) >= 11 is 0. The number of aromatic nitrogens is 2. The molecule has 0 aromatic carbocycles. The fraction of sp³-hybridized carbons (Fsp3) is 0.500. The number of hydrogen-bond donors (Lipinski definition) is 8. The van der Waals surface area contributed by atoms with Gasteiger partial charge in [0.25, 0.3) is 0 Å². The third kappa shape index (κ3) is 9.77. The normalized spacial score (nSPS) is 14.2. The smallest absolute Gasteiger partial charge is 0.325 e. The van der Waals surface area contributed by atoms with Gasteiger partial charge in [-0.1, -0.05) is 0 Å². The van der Waals surface area contributed by atoms with Crippen molar-refractivity contribution in [2.45, 2.75) is 56.8 Å². The van der Waals surface area contributed by atoms with E-state index >= 15 is 0 Å². The first-order chi connectivity index (χ1) is 15.4. The number of nitrogens with zero attached hydrogens (tertiary/aromatic N) is 1. The molecule has 4 atom stereocenters. The number of carboxylic acid groups (broad SMARTS) is 3. The number of aromatic amines is 1. The summed E-state index contributed by atoms with van der Waals surface area (Å²) in [5.41, 5.74) is 5.99. The van der Waals surface area contributed by atoms with E-state index < -0.39 is 72.6 Å². The van der Waals surface area contributed by atoms with Crippen LogP contribution in [0.25, 0.3) is 0 Å². The number of nitrogens with two attached hydrogens (primary N) is 1. The van der Waals surface area contributed by atoms with Gasteiger partial charge in [0.2, 0.25) is 17.7 Å². The molecule has 1 aromatic heterocycles. The molecule has 0 aliphatic heterocycles. The number of nitrogens with one attached hydrogen (secondary N) is 4. The summed E-state index contributed by atoms with van der Waals surface area (Å²) in [4.78, 5) is 76.8. The fourth-order valence-corrected chi connectivity index (χ4v) is 2.55. The van der Waals surface area contributed by atoms with Crippen LogP contribution in [0.15, 0.2) is 12.5 Å². The van der Waals surface area contributed by atoms with E-state index in [1.807, 2.05) is 0 Å². The zero-order chi connectivity index (χ0) is 25.1. The van der Waals surface area contributed by atoms with Crippen LogP contribution in [0.2, 0.25) is 0 Å². The van der Waals surface area contributed by atoms with Gasteiger partial charge >= 0.3 is 17.9 Å². The molecule has 0 saturated carbocycles. The minimum Gasteiger partial charge on any atom is -0.481 e. The highest BCUT2D eigenvalue weighted by Gasteiger charge is 2.31. The van der Waals surface area contributed by atoms with Crippen LogP contribution in [0.1, 0.15) is 31.9 Å². The number of carboxylic acids is 3. The van der Waals surface area contributed by atoms with Crippen LogP contribution in [-0.2, 0) is 35.2 Å². The van der Waals surface area contributed by atoms with Crippen LogP contribution in [-0.4, -0.2) is 85.1 Å². The molecule has 15 heteroatoms. The Morgan fingerprint density at radius 1 is 0.970 bits per heavy atom. The second kappa shape index (κ2) is 12.7. The zero-order valence-electron chi connectivity index (χ0n) is 17.6. The van der Waals surface area contributed by atoms with Crippen LogP contribution in [0.4, 0.5) is 0 Å². The van der Waals surface area contributed by atoms with E-state index in [9.17, 15) is 28.8 Å². The van der Waals surface area contributed by atoms with E-state index in [2.05, 4.69) is 25.9 Å². The number of amides is 3. The van der Waals surface area contributed by atoms with Crippen molar-refractivity contribution in [3.63, 3.8) is 0 Å². The summed E-state index contributed by atoms with van der Waals surface area (Å²) in [6.45, 7) is 1.21. The molecule has 4 unspecified atom stereocenters. The second-order valence-electron chi connectivity index (χ2n) is 7.11.